The van der Waals surface area contributed by atoms with Crippen LogP contribution in [0.25, 0.3) is 0 Å². The Morgan fingerprint density at radius 2 is 1.94 bits per heavy atom. The van der Waals surface area contributed by atoms with E-state index in [1.807, 2.05) is 0 Å². The Bertz CT molecular complexity index is 386. The number of carboxylic acid groups (broad SMARTS) is 1. The molecule has 0 saturated heterocycles. The lowest BCUT2D eigenvalue weighted by atomic mass is 10.0. The molecule has 1 saturated carbocycles. The lowest BCUT2D eigenvalue weighted by molar-refractivity contribution is -0.144. The summed E-state index contributed by atoms with van der Waals surface area (Å²) in [7, 11) is 1.46. The molecule has 1 aliphatic carbocycles. The Hall–Kier alpha value is -1.85. The van der Waals surface area contributed by atoms with Crippen LogP contribution >= 0.6 is 0 Å². The molecule has 1 fully saturated rings. The molecule has 2 amide bonds. The molecule has 1 rings (SSSR count). The number of aliphatic carboxylic acids is 1. The number of carbonyl (C=O) groups excluding carboxylic acids is 2. The van der Waals surface area contributed by atoms with Crippen molar-refractivity contribution in [1.29, 1.82) is 0 Å². The molecule has 0 aromatic carbocycles. The molecule has 6 nitrogen and oxygen atoms in total. The number of carbonyl (C=O) groups is 3. The maximum atomic E-state index is 11.9. The van der Waals surface area contributed by atoms with Gasteiger partial charge in [0.25, 0.3) is 0 Å². The molecule has 3 N–H and O–H groups in total. The Morgan fingerprint density at radius 1 is 1.33 bits per heavy atom. The number of hydrogen-bond donors (Lipinski definition) is 3. The zero-order valence-corrected chi connectivity index (χ0v) is 10.5. The summed E-state index contributed by atoms with van der Waals surface area (Å²) in [5.41, 5.74) is -1.06. The van der Waals surface area contributed by atoms with E-state index in [-0.39, 0.29) is 12.3 Å². The van der Waals surface area contributed by atoms with Crippen LogP contribution in [0.4, 0.5) is 0 Å². The minimum Gasteiger partial charge on any atom is -0.480 e. The van der Waals surface area contributed by atoms with E-state index in [1.165, 1.54) is 7.05 Å². The second-order valence-electron chi connectivity index (χ2n) is 4.33. The Labute approximate surface area is 105 Å². The number of allylic oxidation sites excluding steroid dienone is 1. The summed E-state index contributed by atoms with van der Waals surface area (Å²) in [6.45, 7) is 1.77. The molecule has 0 aliphatic heterocycles. The molecule has 6 heteroatoms. The zero-order valence-electron chi connectivity index (χ0n) is 10.5. The van der Waals surface area contributed by atoms with E-state index in [1.54, 1.807) is 19.1 Å². The van der Waals surface area contributed by atoms with Gasteiger partial charge >= 0.3 is 5.97 Å². The predicted octanol–water partition coefficient (Wildman–Crippen LogP) is 0.0482. The van der Waals surface area contributed by atoms with Crippen LogP contribution in [0.5, 0.6) is 0 Å². The first-order valence-electron chi connectivity index (χ1n) is 5.85. The summed E-state index contributed by atoms with van der Waals surface area (Å²) in [5.74, 6) is -1.96. The highest BCUT2D eigenvalue weighted by atomic mass is 16.4. The highest BCUT2D eigenvalue weighted by Gasteiger charge is 2.56. The summed E-state index contributed by atoms with van der Waals surface area (Å²) in [6, 6.07) is -0.990. The minimum absolute atomic E-state index is 0.210. The maximum absolute atomic E-state index is 11.9. The summed E-state index contributed by atoms with van der Waals surface area (Å²) < 4.78 is 0. The highest BCUT2D eigenvalue weighted by Crippen LogP contribution is 2.46. The largest absolute Gasteiger partial charge is 0.480 e. The van der Waals surface area contributed by atoms with Crippen LogP contribution in [0.15, 0.2) is 12.2 Å². The van der Waals surface area contributed by atoms with Gasteiger partial charge in [-0.05, 0) is 26.2 Å². The first kappa shape index (κ1) is 14.2. The van der Waals surface area contributed by atoms with Crippen molar-refractivity contribution in [3.8, 4) is 0 Å². The summed E-state index contributed by atoms with van der Waals surface area (Å²) >= 11 is 0. The van der Waals surface area contributed by atoms with E-state index in [2.05, 4.69) is 10.6 Å². The summed E-state index contributed by atoms with van der Waals surface area (Å²) in [6.07, 6.45) is 4.52. The second-order valence-corrected chi connectivity index (χ2v) is 4.33. The molecular formula is C12H18N2O4. The lowest BCUT2D eigenvalue weighted by Gasteiger charge is -2.17. The number of amides is 2. The van der Waals surface area contributed by atoms with Crippen LogP contribution in [0.1, 0.15) is 26.2 Å². The van der Waals surface area contributed by atoms with Gasteiger partial charge < -0.3 is 15.7 Å². The van der Waals surface area contributed by atoms with Crippen molar-refractivity contribution >= 4 is 17.8 Å². The fourth-order valence-corrected chi connectivity index (χ4v) is 1.71. The third-order valence-corrected chi connectivity index (χ3v) is 3.06. The highest BCUT2D eigenvalue weighted by molar-refractivity contribution is 6.08. The first-order valence-corrected chi connectivity index (χ1v) is 5.85. The summed E-state index contributed by atoms with van der Waals surface area (Å²) in [4.78, 5) is 34.5. The van der Waals surface area contributed by atoms with Crippen molar-refractivity contribution in [1.82, 2.24) is 10.6 Å². The van der Waals surface area contributed by atoms with E-state index in [0.29, 0.717) is 12.8 Å². The molecular weight excluding hydrogens is 236 g/mol. The van der Waals surface area contributed by atoms with E-state index < -0.39 is 23.3 Å². The lowest BCUT2D eigenvalue weighted by Crippen LogP contribution is -2.48. The van der Waals surface area contributed by atoms with Gasteiger partial charge in [-0.2, -0.15) is 0 Å². The molecule has 18 heavy (non-hydrogen) atoms. The van der Waals surface area contributed by atoms with Crippen LogP contribution in [0, 0.1) is 5.41 Å². The monoisotopic (exact) mass is 254 g/mol. The average Bonchev–Trinajstić information content (AvgIpc) is 3.14. The Morgan fingerprint density at radius 3 is 2.33 bits per heavy atom. The molecule has 1 atom stereocenters. The summed E-state index contributed by atoms with van der Waals surface area (Å²) in [5, 5.41) is 13.8. The van der Waals surface area contributed by atoms with Crippen molar-refractivity contribution in [3.05, 3.63) is 12.2 Å². The van der Waals surface area contributed by atoms with Crippen LogP contribution in [-0.4, -0.2) is 36.0 Å². The molecule has 0 aromatic heterocycles. The zero-order chi connectivity index (χ0) is 13.8. The van der Waals surface area contributed by atoms with E-state index in [4.69, 9.17) is 5.11 Å². The molecule has 0 spiro atoms. The van der Waals surface area contributed by atoms with Gasteiger partial charge in [-0.25, -0.2) is 4.79 Å². The SMILES string of the molecule is C/C=C/CC(NC(=O)C1(C(=O)NC)CC1)C(=O)O. The van der Waals surface area contributed by atoms with Gasteiger partial charge in [0.1, 0.15) is 11.5 Å². The van der Waals surface area contributed by atoms with Crippen LogP contribution in [0.3, 0.4) is 0 Å². The second kappa shape index (κ2) is 5.66. The third kappa shape index (κ3) is 2.88. The van der Waals surface area contributed by atoms with Gasteiger partial charge in [-0.15, -0.1) is 0 Å². The normalized spacial score (nSPS) is 18.1. The Kier molecular flexibility index (Phi) is 4.47. The van der Waals surface area contributed by atoms with Crippen LogP contribution in [0.2, 0.25) is 0 Å². The van der Waals surface area contributed by atoms with Crippen molar-refractivity contribution in [2.75, 3.05) is 7.05 Å². The minimum atomic E-state index is -1.10. The molecule has 100 valence electrons. The Balaban J connectivity index is 2.67. The predicted molar refractivity (Wildman–Crippen MR) is 64.7 cm³/mol. The molecule has 1 aliphatic rings. The van der Waals surface area contributed by atoms with Gasteiger partial charge in [0.15, 0.2) is 0 Å². The number of carboxylic acids is 1. The van der Waals surface area contributed by atoms with Crippen molar-refractivity contribution < 1.29 is 19.5 Å². The maximum Gasteiger partial charge on any atom is 0.326 e. The van der Waals surface area contributed by atoms with Crippen molar-refractivity contribution in [2.24, 2.45) is 5.41 Å². The van der Waals surface area contributed by atoms with Gasteiger partial charge in [-0.1, -0.05) is 12.2 Å². The topological polar surface area (TPSA) is 95.5 Å². The quantitative estimate of drug-likeness (QED) is 0.461. The van der Waals surface area contributed by atoms with Crippen LogP contribution < -0.4 is 10.6 Å². The van der Waals surface area contributed by atoms with Gasteiger partial charge in [0.05, 0.1) is 0 Å². The fourth-order valence-electron chi connectivity index (χ4n) is 1.71. The number of hydrogen-bond acceptors (Lipinski definition) is 3. The van der Waals surface area contributed by atoms with E-state index >= 15 is 0 Å². The average molecular weight is 254 g/mol. The molecule has 0 radical (unpaired) electrons. The van der Waals surface area contributed by atoms with E-state index in [0.717, 1.165) is 0 Å². The standard InChI is InChI=1S/C12H18N2O4/c1-3-4-5-8(9(15)16)14-11(18)12(6-7-12)10(17)13-2/h3-4,8H,5-7H2,1-2H3,(H,13,17)(H,14,18)(H,15,16)/b4-3+. The molecule has 1 unspecified atom stereocenters. The van der Waals surface area contributed by atoms with E-state index in [9.17, 15) is 14.4 Å². The number of nitrogens with one attached hydrogen (secondary N) is 2. The first-order chi connectivity index (χ1) is 8.47. The van der Waals surface area contributed by atoms with Crippen molar-refractivity contribution in [3.63, 3.8) is 0 Å². The molecule has 0 heterocycles. The van der Waals surface area contributed by atoms with Gasteiger partial charge in [-0.3, -0.25) is 9.59 Å². The van der Waals surface area contributed by atoms with Gasteiger partial charge in [0.2, 0.25) is 11.8 Å². The third-order valence-electron chi connectivity index (χ3n) is 3.06. The fraction of sp³-hybridized carbons (Fsp3) is 0.583. The van der Waals surface area contributed by atoms with Crippen LogP contribution in [-0.2, 0) is 14.4 Å². The van der Waals surface area contributed by atoms with Crippen molar-refractivity contribution in [2.45, 2.75) is 32.2 Å². The van der Waals surface area contributed by atoms with Gasteiger partial charge in [0, 0.05) is 7.05 Å². The molecule has 0 aromatic rings. The number of rotatable bonds is 6. The molecule has 0 bridgehead atoms. The smallest absolute Gasteiger partial charge is 0.326 e.